The van der Waals surface area contributed by atoms with E-state index >= 15 is 0 Å². The van der Waals surface area contributed by atoms with Gasteiger partial charge in [0.2, 0.25) is 17.8 Å². The number of methoxy groups -OCH3 is 2. The molecule has 0 bridgehead atoms. The Hall–Kier alpha value is -4.21. The molecule has 0 spiro atoms. The smallest absolute Gasteiger partial charge is 0.241 e. The van der Waals surface area contributed by atoms with E-state index < -0.39 is 0 Å². The zero-order valence-electron chi connectivity index (χ0n) is 23.8. The Morgan fingerprint density at radius 1 is 0.932 bits per heavy atom. The number of hydrogen-bond donors (Lipinski definition) is 3. The Morgan fingerprint density at radius 3 is 2.20 bits per heavy atom. The van der Waals surface area contributed by atoms with Crippen LogP contribution in [0.15, 0.2) is 58.8 Å². The second-order valence-electron chi connectivity index (χ2n) is 10.1. The molecule has 2 aliphatic heterocycles. The first-order valence-electron chi connectivity index (χ1n) is 13.9. The fourth-order valence-electron chi connectivity index (χ4n) is 5.39. The summed E-state index contributed by atoms with van der Waals surface area (Å²) >= 11 is 4.42. The molecule has 226 valence electrons. The Kier molecular flexibility index (Phi) is 7.82. The lowest BCUT2D eigenvalue weighted by atomic mass is 10.1. The third kappa shape index (κ3) is 5.35. The molecule has 1 atom stereocenters. The topological polar surface area (TPSA) is 135 Å². The van der Waals surface area contributed by atoms with Crippen LogP contribution in [0.5, 0.6) is 11.5 Å². The van der Waals surface area contributed by atoms with Crippen LogP contribution in [-0.2, 0) is 22.4 Å². The minimum absolute atomic E-state index is 0.149. The Morgan fingerprint density at radius 2 is 1.57 bits per heavy atom. The van der Waals surface area contributed by atoms with Gasteiger partial charge >= 0.3 is 0 Å². The van der Waals surface area contributed by atoms with E-state index in [9.17, 15) is 9.59 Å². The summed E-state index contributed by atoms with van der Waals surface area (Å²) in [5, 5.41) is 21.8. The van der Waals surface area contributed by atoms with Crippen LogP contribution in [-0.4, -0.2) is 57.5 Å². The fraction of sp³-hybridized carbons (Fsp3) is 0.276. The molecule has 1 aliphatic carbocycles. The first kappa shape index (κ1) is 28.6. The molecule has 1 unspecified atom stereocenters. The van der Waals surface area contributed by atoms with Gasteiger partial charge in [-0.05, 0) is 73.4 Å². The van der Waals surface area contributed by atoms with Crippen LogP contribution in [0.2, 0.25) is 0 Å². The number of fused-ring (bicyclic) bond motifs is 8. The van der Waals surface area contributed by atoms with E-state index in [0.717, 1.165) is 35.8 Å². The van der Waals surface area contributed by atoms with Gasteiger partial charge in [-0.15, -0.1) is 21.5 Å². The Labute approximate surface area is 265 Å². The summed E-state index contributed by atoms with van der Waals surface area (Å²) in [7, 11) is 3.21. The van der Waals surface area contributed by atoms with Crippen molar-refractivity contribution in [1.29, 1.82) is 0 Å². The van der Waals surface area contributed by atoms with Crippen molar-refractivity contribution in [2.24, 2.45) is 5.10 Å². The number of nitrogens with one attached hydrogen (secondary N) is 3. The zero-order valence-corrected chi connectivity index (χ0v) is 26.3. The number of carbonyl (C=O) groups excluding carboxylic acids is 2. The average Bonchev–Trinajstić information content (AvgIpc) is 3.82. The SMILES string of the molecule is COc1ccc(NC(=O)CSC2=NNC3c4c(sc5c4CCC5)-n4c(SCC(=O)Nc5ccc(OC)cc5)nnc4N23)cc1. The Balaban J connectivity index is 1.09. The van der Waals surface area contributed by atoms with Gasteiger partial charge < -0.3 is 20.1 Å². The normalized spacial score (nSPS) is 15.8. The van der Waals surface area contributed by atoms with Gasteiger partial charge in [0.1, 0.15) is 16.5 Å². The number of nitrogens with zero attached hydrogens (tertiary/aromatic N) is 5. The highest BCUT2D eigenvalue weighted by atomic mass is 32.2. The number of carbonyl (C=O) groups is 2. The van der Waals surface area contributed by atoms with E-state index in [4.69, 9.17) is 9.47 Å². The molecule has 7 rings (SSSR count). The monoisotopic (exact) mass is 648 g/mol. The molecule has 0 fully saturated rings. The third-order valence-corrected chi connectivity index (χ3v) is 10.6. The standard InChI is InChI=1S/C29H28N8O4S3/c1-40-18-10-6-16(7-11-18)30-22(38)14-42-28-34-32-25-24-20-4-3-5-21(20)44-26(24)37-27(36(25)28)33-35-29(37)43-15-23(39)31-17-8-12-19(41-2)13-9-17/h6-13,25,32H,3-5,14-15H2,1-2H3,(H,30,38)(H,31,39). The van der Waals surface area contributed by atoms with Crippen molar-refractivity contribution >= 4 is 69.2 Å². The quantitative estimate of drug-likeness (QED) is 0.221. The predicted molar refractivity (Wildman–Crippen MR) is 173 cm³/mol. The minimum atomic E-state index is -0.233. The van der Waals surface area contributed by atoms with Gasteiger partial charge in [-0.1, -0.05) is 23.5 Å². The number of aromatic nitrogens is 3. The number of benzene rings is 2. The van der Waals surface area contributed by atoms with Crippen molar-refractivity contribution in [3.8, 4) is 16.5 Å². The molecule has 2 aromatic carbocycles. The second-order valence-corrected chi connectivity index (χ2v) is 13.1. The van der Waals surface area contributed by atoms with E-state index in [1.54, 1.807) is 74.1 Å². The lowest BCUT2D eigenvalue weighted by Crippen LogP contribution is -2.38. The summed E-state index contributed by atoms with van der Waals surface area (Å²) < 4.78 is 12.4. The maximum absolute atomic E-state index is 12.8. The van der Waals surface area contributed by atoms with Gasteiger partial charge in [-0.2, -0.15) is 5.10 Å². The summed E-state index contributed by atoms with van der Waals surface area (Å²) in [5.74, 6) is 2.06. The number of anilines is 3. The van der Waals surface area contributed by atoms with Gasteiger partial charge in [-0.3, -0.25) is 19.9 Å². The number of hydrogen-bond acceptors (Lipinski definition) is 12. The van der Waals surface area contributed by atoms with Crippen molar-refractivity contribution in [3.05, 3.63) is 64.5 Å². The number of hydrazone groups is 1. The maximum Gasteiger partial charge on any atom is 0.241 e. The van der Waals surface area contributed by atoms with Gasteiger partial charge in [-0.25, -0.2) is 4.57 Å². The molecule has 4 heterocycles. The number of rotatable bonds is 9. The van der Waals surface area contributed by atoms with E-state index in [0.29, 0.717) is 27.6 Å². The number of thioether (sulfide) groups is 2. The van der Waals surface area contributed by atoms with Crippen molar-refractivity contribution < 1.29 is 19.1 Å². The van der Waals surface area contributed by atoms with E-state index in [2.05, 4.69) is 31.4 Å². The van der Waals surface area contributed by atoms with Crippen LogP contribution in [0.4, 0.5) is 17.3 Å². The highest BCUT2D eigenvalue weighted by Crippen LogP contribution is 2.49. The van der Waals surface area contributed by atoms with Gasteiger partial charge in [0.25, 0.3) is 0 Å². The molecular weight excluding hydrogens is 621 g/mol. The maximum atomic E-state index is 12.8. The molecular formula is C29H28N8O4S3. The number of amidine groups is 1. The van der Waals surface area contributed by atoms with E-state index in [1.807, 2.05) is 9.47 Å². The first-order valence-corrected chi connectivity index (χ1v) is 16.7. The second kappa shape index (κ2) is 12.1. The van der Waals surface area contributed by atoms with Crippen LogP contribution < -0.4 is 30.4 Å². The molecule has 0 saturated heterocycles. The Bertz CT molecular complexity index is 1750. The minimum Gasteiger partial charge on any atom is -0.497 e. The predicted octanol–water partition coefficient (Wildman–Crippen LogP) is 4.63. The summed E-state index contributed by atoms with van der Waals surface area (Å²) in [6.45, 7) is 0. The number of thiophene rings is 1. The van der Waals surface area contributed by atoms with Crippen LogP contribution in [0.25, 0.3) is 5.00 Å². The summed E-state index contributed by atoms with van der Waals surface area (Å²) in [6, 6.07) is 14.4. The van der Waals surface area contributed by atoms with Crippen LogP contribution in [0.1, 0.15) is 28.6 Å². The van der Waals surface area contributed by atoms with Crippen LogP contribution in [0, 0.1) is 0 Å². The van der Waals surface area contributed by atoms with Crippen LogP contribution in [0.3, 0.4) is 0 Å². The molecule has 3 N–H and O–H groups in total. The summed E-state index contributed by atoms with van der Waals surface area (Å²) in [4.78, 5) is 29.0. The molecule has 4 aromatic rings. The number of aryl methyl sites for hydroxylation is 1. The van der Waals surface area contributed by atoms with E-state index in [1.165, 1.54) is 39.5 Å². The van der Waals surface area contributed by atoms with Gasteiger partial charge in [0.05, 0.1) is 25.7 Å². The van der Waals surface area contributed by atoms with E-state index in [-0.39, 0.29) is 29.5 Å². The summed E-state index contributed by atoms with van der Waals surface area (Å²) in [6.07, 6.45) is 2.93. The van der Waals surface area contributed by atoms with Crippen molar-refractivity contribution in [3.63, 3.8) is 0 Å². The fourth-order valence-corrected chi connectivity index (χ4v) is 8.38. The van der Waals surface area contributed by atoms with Gasteiger partial charge in [0, 0.05) is 21.8 Å². The largest absolute Gasteiger partial charge is 0.497 e. The highest BCUT2D eigenvalue weighted by molar-refractivity contribution is 8.14. The van der Waals surface area contributed by atoms with Crippen LogP contribution >= 0.6 is 34.9 Å². The average molecular weight is 649 g/mol. The number of amides is 2. The van der Waals surface area contributed by atoms with Crippen molar-refractivity contribution in [2.45, 2.75) is 30.6 Å². The molecule has 3 aliphatic rings. The molecule has 15 heteroatoms. The first-order chi connectivity index (χ1) is 21.5. The lowest BCUT2D eigenvalue weighted by molar-refractivity contribution is -0.114. The number of ether oxygens (including phenoxy) is 2. The van der Waals surface area contributed by atoms with Crippen molar-refractivity contribution in [1.82, 2.24) is 20.2 Å². The summed E-state index contributed by atoms with van der Waals surface area (Å²) in [5.41, 5.74) is 7.19. The lowest BCUT2D eigenvalue weighted by Gasteiger charge is -2.31. The highest BCUT2D eigenvalue weighted by Gasteiger charge is 2.44. The molecule has 2 aromatic heterocycles. The molecule has 0 saturated carbocycles. The third-order valence-electron chi connectivity index (χ3n) is 7.41. The van der Waals surface area contributed by atoms with Gasteiger partial charge in [0.15, 0.2) is 16.5 Å². The zero-order chi connectivity index (χ0) is 30.2. The van der Waals surface area contributed by atoms with Crippen molar-refractivity contribution in [2.75, 3.05) is 41.3 Å². The molecule has 44 heavy (non-hydrogen) atoms. The molecule has 12 nitrogen and oxygen atoms in total. The molecule has 2 amide bonds. The molecule has 0 radical (unpaired) electrons.